The van der Waals surface area contributed by atoms with Gasteiger partial charge in [-0.2, -0.15) is 0 Å². The molecule has 4 N–H and O–H groups in total. The van der Waals surface area contributed by atoms with Gasteiger partial charge >= 0.3 is 0 Å². The van der Waals surface area contributed by atoms with Crippen molar-refractivity contribution in [3.8, 4) is 0 Å². The van der Waals surface area contributed by atoms with Crippen molar-refractivity contribution in [2.24, 2.45) is 10.9 Å². The molecule has 6 heteroatoms. The number of amidine groups is 1. The molecule has 2 aromatic rings. The smallest absolute Gasteiger partial charge is 0.167 e. The first-order chi connectivity index (χ1) is 8.63. The number of imidazole rings is 1. The van der Waals surface area contributed by atoms with Crippen LogP contribution in [0.1, 0.15) is 18.9 Å². The molecule has 5 nitrogen and oxygen atoms in total. The Bertz CT molecular complexity index is 578. The second-order valence-electron chi connectivity index (χ2n) is 4.10. The van der Waals surface area contributed by atoms with Gasteiger partial charge in [-0.3, -0.25) is 0 Å². The third kappa shape index (κ3) is 2.59. The van der Waals surface area contributed by atoms with Crippen LogP contribution < -0.4 is 5.73 Å². The van der Waals surface area contributed by atoms with Gasteiger partial charge in [0.1, 0.15) is 0 Å². The van der Waals surface area contributed by atoms with Gasteiger partial charge < -0.3 is 15.9 Å². The van der Waals surface area contributed by atoms with Crippen molar-refractivity contribution in [3.05, 3.63) is 23.8 Å². The van der Waals surface area contributed by atoms with Crippen molar-refractivity contribution < 1.29 is 5.21 Å². The largest absolute Gasteiger partial charge is 0.409 e. The van der Waals surface area contributed by atoms with E-state index < -0.39 is 0 Å². The predicted molar refractivity (Wildman–Crippen MR) is 74.2 cm³/mol. The van der Waals surface area contributed by atoms with E-state index in [-0.39, 0.29) is 11.1 Å². The maximum atomic E-state index is 8.71. The molecular weight excluding hydrogens is 248 g/mol. The third-order valence-electron chi connectivity index (χ3n) is 2.69. The Morgan fingerprint density at radius 3 is 3.06 bits per heavy atom. The van der Waals surface area contributed by atoms with Gasteiger partial charge in [0.2, 0.25) is 0 Å². The first-order valence-corrected chi connectivity index (χ1v) is 6.62. The lowest BCUT2D eigenvalue weighted by Gasteiger charge is -2.09. The summed E-state index contributed by atoms with van der Waals surface area (Å²) >= 11 is 1.47. The predicted octanol–water partition coefficient (Wildman–Crippen LogP) is 2.49. The van der Waals surface area contributed by atoms with E-state index in [2.05, 4.69) is 21.2 Å². The summed E-state index contributed by atoms with van der Waals surface area (Å²) < 4.78 is 0. The monoisotopic (exact) mass is 264 g/mol. The topological polar surface area (TPSA) is 87.3 Å². The maximum absolute atomic E-state index is 8.71. The lowest BCUT2D eigenvalue weighted by Crippen LogP contribution is -2.25. The summed E-state index contributed by atoms with van der Waals surface area (Å²) in [6.07, 6.45) is 0.774. The van der Waals surface area contributed by atoms with Crippen LogP contribution in [0.4, 0.5) is 0 Å². The summed E-state index contributed by atoms with van der Waals surface area (Å²) in [5.41, 5.74) is 8.75. The Morgan fingerprint density at radius 1 is 1.61 bits per heavy atom. The van der Waals surface area contributed by atoms with Crippen molar-refractivity contribution in [2.45, 2.75) is 30.7 Å². The molecule has 0 radical (unpaired) electrons. The third-order valence-corrected chi connectivity index (χ3v) is 3.96. The van der Waals surface area contributed by atoms with Crippen molar-refractivity contribution in [3.63, 3.8) is 0 Å². The summed E-state index contributed by atoms with van der Waals surface area (Å²) in [5.74, 6) is 0.221. The molecule has 18 heavy (non-hydrogen) atoms. The average Bonchev–Trinajstić information content (AvgIpc) is 2.76. The minimum absolute atomic E-state index is 0.0725. The Morgan fingerprint density at radius 2 is 2.39 bits per heavy atom. The zero-order valence-electron chi connectivity index (χ0n) is 10.3. The second kappa shape index (κ2) is 5.30. The molecule has 1 unspecified atom stereocenters. The highest BCUT2D eigenvalue weighted by Gasteiger charge is 2.15. The molecule has 1 aromatic carbocycles. The molecule has 0 saturated carbocycles. The number of oxime groups is 1. The first kappa shape index (κ1) is 12.8. The van der Waals surface area contributed by atoms with E-state index in [4.69, 9.17) is 10.9 Å². The number of nitrogens with one attached hydrogen (secondary N) is 1. The van der Waals surface area contributed by atoms with Crippen molar-refractivity contribution in [1.82, 2.24) is 9.97 Å². The van der Waals surface area contributed by atoms with E-state index in [1.54, 1.807) is 0 Å². The van der Waals surface area contributed by atoms with E-state index in [1.807, 2.05) is 26.0 Å². The van der Waals surface area contributed by atoms with Gasteiger partial charge in [0, 0.05) is 0 Å². The number of fused-ring (bicyclic) bond motifs is 1. The van der Waals surface area contributed by atoms with Gasteiger partial charge in [0.05, 0.1) is 16.3 Å². The second-order valence-corrected chi connectivity index (χ2v) is 5.29. The summed E-state index contributed by atoms with van der Waals surface area (Å²) in [5, 5.41) is 12.5. The quantitative estimate of drug-likeness (QED) is 0.260. The number of H-pyrrole nitrogens is 1. The molecule has 0 fully saturated rings. The minimum Gasteiger partial charge on any atom is -0.409 e. The SMILES string of the molecule is CCC(Sc1nc2ccc(C)cc2[nH]1)C(N)=NO. The highest BCUT2D eigenvalue weighted by Crippen LogP contribution is 2.25. The van der Waals surface area contributed by atoms with Crippen LogP contribution in [0, 0.1) is 6.92 Å². The standard InChI is InChI=1S/C12H16N4OS/c1-3-10(11(13)16-17)18-12-14-8-5-4-7(2)6-9(8)15-12/h4-6,10,17H,3H2,1-2H3,(H2,13,16)(H,14,15). The van der Waals surface area contributed by atoms with Gasteiger partial charge in [0.15, 0.2) is 11.0 Å². The van der Waals surface area contributed by atoms with Crippen molar-refractivity contribution in [1.29, 1.82) is 0 Å². The number of hydrogen-bond donors (Lipinski definition) is 3. The molecule has 0 aliphatic rings. The van der Waals surface area contributed by atoms with E-state index in [0.717, 1.165) is 22.6 Å². The Balaban J connectivity index is 2.26. The van der Waals surface area contributed by atoms with Gasteiger partial charge in [0.25, 0.3) is 0 Å². The average molecular weight is 264 g/mol. The fourth-order valence-corrected chi connectivity index (χ4v) is 2.63. The van der Waals surface area contributed by atoms with E-state index in [1.165, 1.54) is 17.3 Å². The molecule has 0 aliphatic heterocycles. The molecule has 0 saturated heterocycles. The molecule has 0 spiro atoms. The summed E-state index contributed by atoms with van der Waals surface area (Å²) in [6.45, 7) is 4.03. The molecule has 1 heterocycles. The van der Waals surface area contributed by atoms with Crippen LogP contribution >= 0.6 is 11.8 Å². The van der Waals surface area contributed by atoms with Crippen LogP contribution in [-0.4, -0.2) is 26.3 Å². The Labute approximate surface area is 109 Å². The van der Waals surface area contributed by atoms with Gasteiger partial charge in [-0.1, -0.05) is 29.9 Å². The molecule has 96 valence electrons. The number of aryl methyl sites for hydroxylation is 1. The normalized spacial score (nSPS) is 14.0. The number of thioether (sulfide) groups is 1. The number of aromatic amines is 1. The maximum Gasteiger partial charge on any atom is 0.167 e. The number of nitrogens with zero attached hydrogens (tertiary/aromatic N) is 2. The first-order valence-electron chi connectivity index (χ1n) is 5.74. The highest BCUT2D eigenvalue weighted by molar-refractivity contribution is 8.00. The fourth-order valence-electron chi connectivity index (χ4n) is 1.71. The molecule has 2 rings (SSSR count). The Kier molecular flexibility index (Phi) is 3.76. The molecule has 1 aromatic heterocycles. The number of benzene rings is 1. The summed E-state index contributed by atoms with van der Waals surface area (Å²) in [4.78, 5) is 7.71. The number of aromatic nitrogens is 2. The molecule has 0 aliphatic carbocycles. The summed E-state index contributed by atoms with van der Waals surface area (Å²) in [7, 11) is 0. The number of rotatable bonds is 4. The molecular formula is C12H16N4OS. The molecule has 0 amide bonds. The van der Waals surface area contributed by atoms with Crippen LogP contribution in [0.2, 0.25) is 0 Å². The van der Waals surface area contributed by atoms with E-state index in [9.17, 15) is 0 Å². The van der Waals surface area contributed by atoms with Gasteiger partial charge in [-0.05, 0) is 31.0 Å². The zero-order valence-corrected chi connectivity index (χ0v) is 11.2. The molecule has 0 bridgehead atoms. The zero-order chi connectivity index (χ0) is 13.1. The van der Waals surface area contributed by atoms with Crippen molar-refractivity contribution in [2.75, 3.05) is 0 Å². The van der Waals surface area contributed by atoms with Crippen LogP contribution in [0.3, 0.4) is 0 Å². The van der Waals surface area contributed by atoms with Crippen LogP contribution in [0.15, 0.2) is 28.5 Å². The van der Waals surface area contributed by atoms with Crippen molar-refractivity contribution >= 4 is 28.6 Å². The highest BCUT2D eigenvalue weighted by atomic mass is 32.2. The van der Waals surface area contributed by atoms with E-state index in [0.29, 0.717) is 0 Å². The lowest BCUT2D eigenvalue weighted by molar-refractivity contribution is 0.317. The fraction of sp³-hybridized carbons (Fsp3) is 0.333. The van der Waals surface area contributed by atoms with Gasteiger partial charge in [-0.25, -0.2) is 4.98 Å². The minimum atomic E-state index is -0.0725. The van der Waals surface area contributed by atoms with Gasteiger partial charge in [-0.15, -0.1) is 0 Å². The number of hydrogen-bond acceptors (Lipinski definition) is 4. The Hall–Kier alpha value is -1.69. The van der Waals surface area contributed by atoms with Crippen LogP contribution in [0.5, 0.6) is 0 Å². The summed E-state index contributed by atoms with van der Waals surface area (Å²) in [6, 6.07) is 6.06. The number of nitrogens with two attached hydrogens (primary N) is 1. The van der Waals surface area contributed by atoms with Crippen LogP contribution in [-0.2, 0) is 0 Å². The van der Waals surface area contributed by atoms with Crippen LogP contribution in [0.25, 0.3) is 11.0 Å². The molecule has 1 atom stereocenters. The lowest BCUT2D eigenvalue weighted by atomic mass is 10.2. The van der Waals surface area contributed by atoms with E-state index >= 15 is 0 Å².